The van der Waals surface area contributed by atoms with E-state index in [0.717, 1.165) is 109 Å². The molecule has 0 amide bonds. The van der Waals surface area contributed by atoms with Crippen LogP contribution < -0.4 is 0 Å². The van der Waals surface area contributed by atoms with E-state index in [1.54, 1.807) is 0 Å². The maximum Gasteiger partial charge on any atom is 0.306 e. The first-order chi connectivity index (χ1) is 31.0. The van der Waals surface area contributed by atoms with Gasteiger partial charge in [0.15, 0.2) is 6.10 Å². The van der Waals surface area contributed by atoms with Crippen molar-refractivity contribution in [3.63, 3.8) is 0 Å². The standard InChI is InChI=1S/C57H98O6/c1-4-7-10-13-16-19-22-25-26-27-28-29-30-31-32-33-36-38-41-44-47-50-56(59)62-53-54(63-57(60)51-48-45-42-39-35-24-21-18-15-12-9-6-3)52-61-55(58)49-46-43-40-37-34-23-20-17-14-11-8-5-2/h7,10,16-21,25-26,28-29,54H,4-6,8-9,11-15,22-24,27,30-53H2,1-3H3/b10-7-,19-16-,20-17-,21-18-,26-25-,29-28-. The molecular weight excluding hydrogens is 781 g/mol. The molecule has 6 nitrogen and oxygen atoms in total. The third-order valence-electron chi connectivity index (χ3n) is 11.2. The van der Waals surface area contributed by atoms with Crippen LogP contribution in [-0.4, -0.2) is 37.2 Å². The van der Waals surface area contributed by atoms with Crippen LogP contribution in [0.15, 0.2) is 72.9 Å². The van der Waals surface area contributed by atoms with E-state index in [1.165, 1.54) is 103 Å². The Labute approximate surface area is 389 Å². The normalized spacial score (nSPS) is 12.6. The molecule has 0 aliphatic rings. The Kier molecular flexibility index (Phi) is 48.9. The van der Waals surface area contributed by atoms with E-state index in [2.05, 4.69) is 93.7 Å². The summed E-state index contributed by atoms with van der Waals surface area (Å²) in [6, 6.07) is 0. The molecule has 0 fully saturated rings. The van der Waals surface area contributed by atoms with Crippen molar-refractivity contribution in [1.29, 1.82) is 0 Å². The highest BCUT2D eigenvalue weighted by atomic mass is 16.6. The first-order valence-electron chi connectivity index (χ1n) is 26.4. The van der Waals surface area contributed by atoms with Crippen LogP contribution in [0.5, 0.6) is 0 Å². The van der Waals surface area contributed by atoms with Gasteiger partial charge in [-0.3, -0.25) is 14.4 Å². The van der Waals surface area contributed by atoms with Gasteiger partial charge < -0.3 is 14.2 Å². The third-order valence-corrected chi connectivity index (χ3v) is 11.2. The Hall–Kier alpha value is -3.15. The van der Waals surface area contributed by atoms with Crippen LogP contribution >= 0.6 is 0 Å². The summed E-state index contributed by atoms with van der Waals surface area (Å²) in [5, 5.41) is 0. The number of carbonyl (C=O) groups is 3. The summed E-state index contributed by atoms with van der Waals surface area (Å²) in [4.78, 5) is 38.0. The Morgan fingerprint density at radius 3 is 0.984 bits per heavy atom. The predicted octanol–water partition coefficient (Wildman–Crippen LogP) is 17.4. The quantitative estimate of drug-likeness (QED) is 0.0262. The molecule has 1 atom stereocenters. The van der Waals surface area contributed by atoms with Crippen molar-refractivity contribution in [2.45, 2.75) is 258 Å². The van der Waals surface area contributed by atoms with Crippen molar-refractivity contribution in [1.82, 2.24) is 0 Å². The molecule has 0 aliphatic carbocycles. The molecule has 0 saturated heterocycles. The third kappa shape index (κ3) is 49.7. The summed E-state index contributed by atoms with van der Waals surface area (Å²) < 4.78 is 16.8. The van der Waals surface area contributed by atoms with Crippen LogP contribution in [0, 0.1) is 0 Å². The van der Waals surface area contributed by atoms with Gasteiger partial charge in [0.1, 0.15) is 13.2 Å². The van der Waals surface area contributed by atoms with Crippen LogP contribution in [0.25, 0.3) is 0 Å². The predicted molar refractivity (Wildman–Crippen MR) is 270 cm³/mol. The number of allylic oxidation sites excluding steroid dienone is 12. The minimum Gasteiger partial charge on any atom is -0.462 e. The Bertz CT molecular complexity index is 1190. The lowest BCUT2D eigenvalue weighted by Crippen LogP contribution is -2.30. The average molecular weight is 879 g/mol. The number of rotatable bonds is 47. The van der Waals surface area contributed by atoms with Gasteiger partial charge in [-0.15, -0.1) is 0 Å². The minimum atomic E-state index is -0.785. The molecule has 0 aliphatic heterocycles. The number of hydrogen-bond donors (Lipinski definition) is 0. The summed E-state index contributed by atoms with van der Waals surface area (Å²) in [5.74, 6) is -0.910. The van der Waals surface area contributed by atoms with Gasteiger partial charge in [0.05, 0.1) is 0 Å². The fourth-order valence-corrected chi connectivity index (χ4v) is 7.19. The van der Waals surface area contributed by atoms with E-state index in [4.69, 9.17) is 14.2 Å². The molecule has 0 radical (unpaired) electrons. The van der Waals surface area contributed by atoms with Crippen LogP contribution in [-0.2, 0) is 28.6 Å². The number of unbranched alkanes of at least 4 members (excludes halogenated alkanes) is 24. The van der Waals surface area contributed by atoms with Crippen LogP contribution in [0.4, 0.5) is 0 Å². The molecule has 0 aromatic heterocycles. The number of hydrogen-bond acceptors (Lipinski definition) is 6. The van der Waals surface area contributed by atoms with E-state index in [0.29, 0.717) is 19.3 Å². The van der Waals surface area contributed by atoms with Gasteiger partial charge in [0.25, 0.3) is 0 Å². The lowest BCUT2D eigenvalue weighted by Gasteiger charge is -2.18. The number of ether oxygens (including phenoxy) is 3. The zero-order valence-electron chi connectivity index (χ0n) is 41.3. The Morgan fingerprint density at radius 2 is 0.619 bits per heavy atom. The molecule has 0 heterocycles. The van der Waals surface area contributed by atoms with Crippen molar-refractivity contribution < 1.29 is 28.6 Å². The monoisotopic (exact) mass is 879 g/mol. The Balaban J connectivity index is 4.34. The van der Waals surface area contributed by atoms with E-state index >= 15 is 0 Å². The van der Waals surface area contributed by atoms with E-state index < -0.39 is 6.10 Å². The van der Waals surface area contributed by atoms with Crippen molar-refractivity contribution in [3.05, 3.63) is 72.9 Å². The molecular formula is C57H98O6. The summed E-state index contributed by atoms with van der Waals surface area (Å²) >= 11 is 0. The molecule has 0 spiro atoms. The zero-order chi connectivity index (χ0) is 45.8. The summed E-state index contributed by atoms with van der Waals surface area (Å²) in [7, 11) is 0. The van der Waals surface area contributed by atoms with Gasteiger partial charge in [-0.05, 0) is 109 Å². The second-order valence-corrected chi connectivity index (χ2v) is 17.4. The van der Waals surface area contributed by atoms with E-state index in [-0.39, 0.29) is 31.1 Å². The minimum absolute atomic E-state index is 0.0855. The van der Waals surface area contributed by atoms with E-state index in [9.17, 15) is 14.4 Å². The van der Waals surface area contributed by atoms with Crippen LogP contribution in [0.1, 0.15) is 252 Å². The average Bonchev–Trinajstić information content (AvgIpc) is 3.28. The van der Waals surface area contributed by atoms with Gasteiger partial charge in [0, 0.05) is 19.3 Å². The molecule has 6 heteroatoms. The zero-order valence-corrected chi connectivity index (χ0v) is 41.3. The highest BCUT2D eigenvalue weighted by Gasteiger charge is 2.19. The molecule has 0 aromatic rings. The Morgan fingerprint density at radius 1 is 0.333 bits per heavy atom. The molecule has 63 heavy (non-hydrogen) atoms. The van der Waals surface area contributed by atoms with Gasteiger partial charge in [-0.25, -0.2) is 0 Å². The SMILES string of the molecule is CC/C=C\C/C=C\C/C=C\C/C=C\CCCCCCCCCCC(=O)OCC(COC(=O)CCCCCCC/C=C\CCCCC)OC(=O)CCCCCCC/C=C\CCCCC. The number of carbonyl (C=O) groups excluding carboxylic acids is 3. The van der Waals surface area contributed by atoms with Gasteiger partial charge in [-0.1, -0.05) is 196 Å². The van der Waals surface area contributed by atoms with E-state index in [1.807, 2.05) is 0 Å². The molecule has 0 saturated carbocycles. The molecule has 0 aromatic carbocycles. The second kappa shape index (κ2) is 51.5. The van der Waals surface area contributed by atoms with Crippen LogP contribution in [0.3, 0.4) is 0 Å². The molecule has 0 N–H and O–H groups in total. The first-order valence-corrected chi connectivity index (χ1v) is 26.4. The summed E-state index contributed by atoms with van der Waals surface area (Å²) in [5.41, 5.74) is 0. The second-order valence-electron chi connectivity index (χ2n) is 17.4. The fourth-order valence-electron chi connectivity index (χ4n) is 7.19. The van der Waals surface area contributed by atoms with Gasteiger partial charge in [-0.2, -0.15) is 0 Å². The fraction of sp³-hybridized carbons (Fsp3) is 0.737. The highest BCUT2D eigenvalue weighted by molar-refractivity contribution is 5.71. The lowest BCUT2D eigenvalue weighted by atomic mass is 10.1. The largest absolute Gasteiger partial charge is 0.462 e. The highest BCUT2D eigenvalue weighted by Crippen LogP contribution is 2.14. The number of esters is 3. The lowest BCUT2D eigenvalue weighted by molar-refractivity contribution is -0.167. The maximum atomic E-state index is 12.8. The summed E-state index contributed by atoms with van der Waals surface area (Å²) in [6.45, 7) is 6.46. The smallest absolute Gasteiger partial charge is 0.306 e. The van der Waals surface area contributed by atoms with Crippen molar-refractivity contribution >= 4 is 17.9 Å². The summed E-state index contributed by atoms with van der Waals surface area (Å²) in [6.07, 6.45) is 64.6. The molecule has 362 valence electrons. The molecule has 1 unspecified atom stereocenters. The molecule has 0 rings (SSSR count). The van der Waals surface area contributed by atoms with Gasteiger partial charge >= 0.3 is 17.9 Å². The van der Waals surface area contributed by atoms with Crippen LogP contribution in [0.2, 0.25) is 0 Å². The van der Waals surface area contributed by atoms with Gasteiger partial charge in [0.2, 0.25) is 0 Å². The first kappa shape index (κ1) is 59.9. The topological polar surface area (TPSA) is 78.9 Å². The maximum absolute atomic E-state index is 12.8. The van der Waals surface area contributed by atoms with Crippen molar-refractivity contribution in [2.24, 2.45) is 0 Å². The van der Waals surface area contributed by atoms with Crippen molar-refractivity contribution in [2.75, 3.05) is 13.2 Å². The molecule has 0 bridgehead atoms. The van der Waals surface area contributed by atoms with Crippen molar-refractivity contribution in [3.8, 4) is 0 Å².